The third-order valence-corrected chi connectivity index (χ3v) is 3.82. The van der Waals surface area contributed by atoms with Gasteiger partial charge in [0.25, 0.3) is 0 Å². The van der Waals surface area contributed by atoms with E-state index in [1.54, 1.807) is 36.4 Å². The van der Waals surface area contributed by atoms with Gasteiger partial charge < -0.3 is 14.3 Å². The van der Waals surface area contributed by atoms with Crippen LogP contribution in [0.5, 0.6) is 5.75 Å². The van der Waals surface area contributed by atoms with E-state index in [9.17, 15) is 9.59 Å². The minimum atomic E-state index is -1.21. The van der Waals surface area contributed by atoms with Crippen LogP contribution >= 0.6 is 23.2 Å². The van der Waals surface area contributed by atoms with Crippen molar-refractivity contribution in [2.45, 2.75) is 0 Å². The van der Waals surface area contributed by atoms with Crippen molar-refractivity contribution in [1.29, 1.82) is 0 Å². The predicted molar refractivity (Wildman–Crippen MR) is 91.1 cm³/mol. The lowest BCUT2D eigenvalue weighted by atomic mass is 10.1. The number of benzene rings is 2. The molecule has 1 aromatic heterocycles. The molecule has 0 saturated heterocycles. The van der Waals surface area contributed by atoms with Crippen molar-refractivity contribution in [2.24, 2.45) is 0 Å². The number of carboxylic acids is 1. The molecule has 0 unspecified atom stereocenters. The summed E-state index contributed by atoms with van der Waals surface area (Å²) in [6.07, 6.45) is 0. The van der Waals surface area contributed by atoms with Gasteiger partial charge in [0.1, 0.15) is 5.58 Å². The van der Waals surface area contributed by atoms with Crippen LogP contribution in [0.2, 0.25) is 10.0 Å². The monoisotopic (exact) mass is 364 g/mol. The maximum atomic E-state index is 12.7. The number of halogens is 2. The first-order valence-electron chi connectivity index (χ1n) is 6.83. The van der Waals surface area contributed by atoms with E-state index < -0.39 is 18.0 Å². The van der Waals surface area contributed by atoms with Crippen molar-refractivity contribution in [1.82, 2.24) is 0 Å². The number of rotatable bonds is 4. The standard InChI is InChI=1S/C17H10Cl2O5/c18-9-5-6-10(12(19)7-9)16-17(23-8-14(20)21)15(22)11-3-1-2-4-13(11)24-16/h1-7H,8H2,(H,20,21). The van der Waals surface area contributed by atoms with Gasteiger partial charge in [-0.2, -0.15) is 0 Å². The highest BCUT2D eigenvalue weighted by Crippen LogP contribution is 2.36. The molecule has 7 heteroatoms. The highest BCUT2D eigenvalue weighted by atomic mass is 35.5. The highest BCUT2D eigenvalue weighted by Gasteiger charge is 2.20. The van der Waals surface area contributed by atoms with Gasteiger partial charge in [-0.05, 0) is 30.3 Å². The molecule has 0 atom stereocenters. The normalized spacial score (nSPS) is 10.8. The van der Waals surface area contributed by atoms with Crippen LogP contribution in [0.1, 0.15) is 0 Å². The fraction of sp³-hybridized carbons (Fsp3) is 0.0588. The second-order valence-corrected chi connectivity index (χ2v) is 5.74. The zero-order valence-corrected chi connectivity index (χ0v) is 13.6. The van der Waals surface area contributed by atoms with Crippen molar-refractivity contribution in [3.63, 3.8) is 0 Å². The van der Waals surface area contributed by atoms with Crippen LogP contribution < -0.4 is 10.2 Å². The van der Waals surface area contributed by atoms with Crippen LogP contribution in [0.4, 0.5) is 0 Å². The highest BCUT2D eigenvalue weighted by molar-refractivity contribution is 6.36. The first kappa shape index (κ1) is 16.4. The van der Waals surface area contributed by atoms with Crippen LogP contribution in [0.15, 0.2) is 51.7 Å². The molecule has 0 aliphatic heterocycles. The summed E-state index contributed by atoms with van der Waals surface area (Å²) < 4.78 is 10.9. The van der Waals surface area contributed by atoms with Crippen molar-refractivity contribution in [3.8, 4) is 17.1 Å². The maximum absolute atomic E-state index is 12.7. The average molecular weight is 365 g/mol. The number of hydrogen-bond donors (Lipinski definition) is 1. The van der Waals surface area contributed by atoms with E-state index in [1.807, 2.05) is 0 Å². The van der Waals surface area contributed by atoms with Gasteiger partial charge >= 0.3 is 5.97 Å². The molecule has 0 bridgehead atoms. The number of fused-ring (bicyclic) bond motifs is 1. The molecule has 1 heterocycles. The van der Waals surface area contributed by atoms with Crippen LogP contribution in [-0.2, 0) is 4.79 Å². The molecule has 122 valence electrons. The van der Waals surface area contributed by atoms with Crippen LogP contribution in [-0.4, -0.2) is 17.7 Å². The smallest absolute Gasteiger partial charge is 0.341 e. The van der Waals surface area contributed by atoms with E-state index in [0.717, 1.165) is 0 Å². The SMILES string of the molecule is O=C(O)COc1c(-c2ccc(Cl)cc2Cl)oc2ccccc2c1=O. The van der Waals surface area contributed by atoms with E-state index in [1.165, 1.54) is 6.07 Å². The van der Waals surface area contributed by atoms with E-state index >= 15 is 0 Å². The number of carboxylic acid groups (broad SMARTS) is 1. The molecule has 1 N–H and O–H groups in total. The average Bonchev–Trinajstić information content (AvgIpc) is 2.54. The van der Waals surface area contributed by atoms with E-state index in [-0.39, 0.29) is 21.9 Å². The number of para-hydroxylation sites is 1. The summed E-state index contributed by atoms with van der Waals surface area (Å²) in [5.74, 6) is -1.36. The lowest BCUT2D eigenvalue weighted by Crippen LogP contribution is -2.16. The minimum absolute atomic E-state index is 0.0571. The lowest BCUT2D eigenvalue weighted by molar-refractivity contribution is -0.139. The Bertz CT molecular complexity index is 994. The zero-order valence-electron chi connectivity index (χ0n) is 12.1. The van der Waals surface area contributed by atoms with Crippen molar-refractivity contribution in [3.05, 3.63) is 62.7 Å². The molecule has 2 aromatic carbocycles. The molecule has 0 spiro atoms. The van der Waals surface area contributed by atoms with E-state index in [0.29, 0.717) is 16.2 Å². The molecule has 0 amide bonds. The number of aliphatic carboxylic acids is 1. The van der Waals surface area contributed by atoms with Gasteiger partial charge in [0.2, 0.25) is 11.2 Å². The summed E-state index contributed by atoms with van der Waals surface area (Å²) in [5.41, 5.74) is 0.245. The molecule has 24 heavy (non-hydrogen) atoms. The van der Waals surface area contributed by atoms with Crippen LogP contribution in [0, 0.1) is 0 Å². The van der Waals surface area contributed by atoms with Gasteiger partial charge in [0.15, 0.2) is 12.4 Å². The second-order valence-electron chi connectivity index (χ2n) is 4.89. The van der Waals surface area contributed by atoms with Gasteiger partial charge in [-0.25, -0.2) is 4.79 Å². The molecule has 3 rings (SSSR count). The Morgan fingerprint density at radius 2 is 1.92 bits per heavy atom. The second kappa shape index (κ2) is 6.55. The van der Waals surface area contributed by atoms with Crippen molar-refractivity contribution >= 4 is 40.1 Å². The molecule has 0 aliphatic carbocycles. The Labute approximate surface area is 146 Å². The summed E-state index contributed by atoms with van der Waals surface area (Å²) in [4.78, 5) is 23.5. The first-order chi connectivity index (χ1) is 11.5. The van der Waals surface area contributed by atoms with Gasteiger partial charge in [-0.1, -0.05) is 35.3 Å². The van der Waals surface area contributed by atoms with Gasteiger partial charge in [-0.3, -0.25) is 4.79 Å². The molecule has 0 aliphatic rings. The van der Waals surface area contributed by atoms with Crippen molar-refractivity contribution in [2.75, 3.05) is 6.61 Å². The molecule has 0 fully saturated rings. The van der Waals surface area contributed by atoms with E-state index in [2.05, 4.69) is 0 Å². The molecule has 0 radical (unpaired) electrons. The molecule has 5 nitrogen and oxygen atoms in total. The Balaban J connectivity index is 2.29. The van der Waals surface area contributed by atoms with Gasteiger partial charge in [0, 0.05) is 10.6 Å². The molecule has 3 aromatic rings. The summed E-state index contributed by atoms with van der Waals surface area (Å²) in [6.45, 7) is -0.679. The fourth-order valence-corrected chi connectivity index (χ4v) is 2.74. The summed E-state index contributed by atoms with van der Waals surface area (Å²) in [6, 6.07) is 11.2. The zero-order chi connectivity index (χ0) is 17.3. The Kier molecular flexibility index (Phi) is 4.46. The van der Waals surface area contributed by atoms with Crippen LogP contribution in [0.25, 0.3) is 22.3 Å². The predicted octanol–water partition coefficient (Wildman–Crippen LogP) is 4.23. The third-order valence-electron chi connectivity index (χ3n) is 3.27. The Hall–Kier alpha value is -2.50. The number of carbonyl (C=O) groups is 1. The number of hydrogen-bond acceptors (Lipinski definition) is 4. The Morgan fingerprint density at radius 3 is 2.62 bits per heavy atom. The van der Waals surface area contributed by atoms with Crippen molar-refractivity contribution < 1.29 is 19.1 Å². The molecular formula is C17H10Cl2O5. The summed E-state index contributed by atoms with van der Waals surface area (Å²) in [5, 5.41) is 9.78. The lowest BCUT2D eigenvalue weighted by Gasteiger charge is -2.11. The topological polar surface area (TPSA) is 76.7 Å². The largest absolute Gasteiger partial charge is 0.479 e. The summed E-state index contributed by atoms with van der Waals surface area (Å²) in [7, 11) is 0. The van der Waals surface area contributed by atoms with Crippen LogP contribution in [0.3, 0.4) is 0 Å². The quantitative estimate of drug-likeness (QED) is 0.749. The first-order valence-corrected chi connectivity index (χ1v) is 7.59. The van der Waals surface area contributed by atoms with E-state index in [4.69, 9.17) is 37.5 Å². The third kappa shape index (κ3) is 3.09. The Morgan fingerprint density at radius 1 is 1.17 bits per heavy atom. The van der Waals surface area contributed by atoms with Gasteiger partial charge in [0.05, 0.1) is 10.4 Å². The van der Waals surface area contributed by atoms with Gasteiger partial charge in [-0.15, -0.1) is 0 Å². The molecular weight excluding hydrogens is 355 g/mol. The fourth-order valence-electron chi connectivity index (χ4n) is 2.24. The maximum Gasteiger partial charge on any atom is 0.341 e. The number of ether oxygens (including phenoxy) is 1. The minimum Gasteiger partial charge on any atom is -0.479 e. The summed E-state index contributed by atoms with van der Waals surface area (Å²) >= 11 is 12.1. The molecule has 0 saturated carbocycles.